The largest absolute Gasteiger partial charge is 0.251 e. The van der Waals surface area contributed by atoms with Gasteiger partial charge in [-0.25, -0.2) is 4.98 Å². The molecule has 3 aromatic rings. The summed E-state index contributed by atoms with van der Waals surface area (Å²) in [5.41, 5.74) is 7.49. The number of aromatic nitrogens is 1. The second-order valence-corrected chi connectivity index (χ2v) is 7.29. The first-order chi connectivity index (χ1) is 14.0. The highest BCUT2D eigenvalue weighted by Gasteiger charge is 2.11. The van der Waals surface area contributed by atoms with Crippen LogP contribution in [-0.4, -0.2) is 16.4 Å². The molecule has 0 bridgehead atoms. The molecule has 0 fully saturated rings. The van der Waals surface area contributed by atoms with Crippen molar-refractivity contribution in [2.45, 2.75) is 40.5 Å². The lowest BCUT2D eigenvalue weighted by molar-refractivity contribution is 1.13. The van der Waals surface area contributed by atoms with Gasteiger partial charge in [0.15, 0.2) is 0 Å². The molecule has 0 saturated heterocycles. The zero-order valence-corrected chi connectivity index (χ0v) is 18.2. The molecule has 0 spiro atoms. The predicted octanol–water partition coefficient (Wildman–Crippen LogP) is 7.14. The lowest BCUT2D eigenvalue weighted by atomic mass is 10.1. The molecular formula is C25H26ClN3. The van der Waals surface area contributed by atoms with Crippen molar-refractivity contribution in [3.8, 4) is 0 Å². The fourth-order valence-corrected chi connectivity index (χ4v) is 3.45. The summed E-state index contributed by atoms with van der Waals surface area (Å²) in [7, 11) is 0. The van der Waals surface area contributed by atoms with E-state index in [1.54, 1.807) is 0 Å². The first kappa shape index (κ1) is 20.9. The van der Waals surface area contributed by atoms with Crippen LogP contribution in [0.1, 0.15) is 50.2 Å². The maximum Gasteiger partial charge on any atom is 0.104 e. The number of hydrogen-bond acceptors (Lipinski definition) is 3. The minimum absolute atomic E-state index is 0.589. The van der Waals surface area contributed by atoms with E-state index in [9.17, 15) is 0 Å². The van der Waals surface area contributed by atoms with Crippen molar-refractivity contribution >= 4 is 34.4 Å². The number of nitrogens with zero attached hydrogens (tertiary/aromatic N) is 3. The Morgan fingerprint density at radius 2 is 1.28 bits per heavy atom. The number of hydrogen-bond donors (Lipinski definition) is 0. The van der Waals surface area contributed by atoms with Gasteiger partial charge in [-0.3, -0.25) is 9.98 Å². The number of rotatable bonds is 6. The standard InChI is InChI=1S/C25H26ClN3/c1-5-19-11-7-9-13-23(19)27-17(3)22-16-15-21(26)25(29-22)18(4)28-24-14-10-8-12-20(24)6-2/h7-16H,5-6H2,1-4H3. The quantitative estimate of drug-likeness (QED) is 0.403. The Hall–Kier alpha value is -2.78. The van der Waals surface area contributed by atoms with Gasteiger partial charge < -0.3 is 0 Å². The van der Waals surface area contributed by atoms with E-state index in [1.807, 2.05) is 62.4 Å². The van der Waals surface area contributed by atoms with Gasteiger partial charge in [-0.05, 0) is 62.1 Å². The van der Waals surface area contributed by atoms with Gasteiger partial charge in [0.1, 0.15) is 5.69 Å². The minimum atomic E-state index is 0.589. The second-order valence-electron chi connectivity index (χ2n) is 6.89. The minimum Gasteiger partial charge on any atom is -0.251 e. The van der Waals surface area contributed by atoms with Crippen LogP contribution in [0.15, 0.2) is 70.6 Å². The molecule has 1 aromatic heterocycles. The van der Waals surface area contributed by atoms with Gasteiger partial charge in [-0.2, -0.15) is 0 Å². The lowest BCUT2D eigenvalue weighted by Gasteiger charge is -2.09. The van der Waals surface area contributed by atoms with Gasteiger partial charge in [0.2, 0.25) is 0 Å². The van der Waals surface area contributed by atoms with Gasteiger partial charge in [0.05, 0.1) is 33.5 Å². The molecule has 0 atom stereocenters. The highest BCUT2D eigenvalue weighted by molar-refractivity contribution is 6.34. The van der Waals surface area contributed by atoms with Crippen LogP contribution < -0.4 is 0 Å². The van der Waals surface area contributed by atoms with E-state index in [-0.39, 0.29) is 0 Å². The summed E-state index contributed by atoms with van der Waals surface area (Å²) in [6.45, 7) is 8.19. The molecular weight excluding hydrogens is 378 g/mol. The Bertz CT molecular complexity index is 1070. The van der Waals surface area contributed by atoms with Crippen molar-refractivity contribution in [1.82, 2.24) is 4.98 Å². The van der Waals surface area contributed by atoms with Gasteiger partial charge in [-0.15, -0.1) is 0 Å². The SMILES string of the molecule is CCc1ccccc1N=C(C)c1ccc(Cl)c(C(C)=Nc2ccccc2CC)n1. The molecule has 3 rings (SSSR count). The first-order valence-electron chi connectivity index (χ1n) is 9.97. The van der Waals surface area contributed by atoms with Crippen molar-refractivity contribution in [2.75, 3.05) is 0 Å². The molecule has 148 valence electrons. The van der Waals surface area contributed by atoms with Gasteiger partial charge in [-0.1, -0.05) is 61.8 Å². The Balaban J connectivity index is 1.99. The van der Waals surface area contributed by atoms with Gasteiger partial charge >= 0.3 is 0 Å². The van der Waals surface area contributed by atoms with Crippen molar-refractivity contribution in [1.29, 1.82) is 0 Å². The van der Waals surface area contributed by atoms with E-state index in [4.69, 9.17) is 26.6 Å². The maximum absolute atomic E-state index is 6.46. The monoisotopic (exact) mass is 403 g/mol. The summed E-state index contributed by atoms with van der Waals surface area (Å²) in [5.74, 6) is 0. The summed E-state index contributed by atoms with van der Waals surface area (Å²) in [4.78, 5) is 14.4. The lowest BCUT2D eigenvalue weighted by Crippen LogP contribution is -2.06. The van der Waals surface area contributed by atoms with E-state index in [2.05, 4.69) is 26.0 Å². The van der Waals surface area contributed by atoms with E-state index in [0.29, 0.717) is 10.7 Å². The Morgan fingerprint density at radius 1 is 0.759 bits per heavy atom. The Labute approximate surface area is 178 Å². The van der Waals surface area contributed by atoms with Crippen LogP contribution in [0.25, 0.3) is 0 Å². The van der Waals surface area contributed by atoms with E-state index in [0.717, 1.165) is 41.3 Å². The highest BCUT2D eigenvalue weighted by Crippen LogP contribution is 2.24. The molecule has 0 aliphatic rings. The number of para-hydroxylation sites is 2. The summed E-state index contributed by atoms with van der Waals surface area (Å²) in [6.07, 6.45) is 1.87. The van der Waals surface area contributed by atoms with E-state index in [1.165, 1.54) is 11.1 Å². The van der Waals surface area contributed by atoms with E-state index < -0.39 is 0 Å². The molecule has 0 saturated carbocycles. The third-order valence-corrected chi connectivity index (χ3v) is 5.19. The van der Waals surface area contributed by atoms with Crippen LogP contribution in [0.5, 0.6) is 0 Å². The van der Waals surface area contributed by atoms with Gasteiger partial charge in [0.25, 0.3) is 0 Å². The number of aliphatic imine (C=N–C) groups is 2. The number of aryl methyl sites for hydroxylation is 2. The summed E-state index contributed by atoms with van der Waals surface area (Å²) in [6, 6.07) is 20.1. The molecule has 0 amide bonds. The molecule has 29 heavy (non-hydrogen) atoms. The highest BCUT2D eigenvalue weighted by atomic mass is 35.5. The summed E-state index contributed by atoms with van der Waals surface area (Å²) >= 11 is 6.46. The van der Waals surface area contributed by atoms with Crippen LogP contribution in [0, 0.1) is 0 Å². The topological polar surface area (TPSA) is 37.6 Å². The summed E-state index contributed by atoms with van der Waals surface area (Å²) < 4.78 is 0. The van der Waals surface area contributed by atoms with E-state index >= 15 is 0 Å². The van der Waals surface area contributed by atoms with Crippen LogP contribution in [-0.2, 0) is 12.8 Å². The van der Waals surface area contributed by atoms with Crippen molar-refractivity contribution in [3.05, 3.63) is 88.2 Å². The molecule has 0 aliphatic carbocycles. The average Bonchev–Trinajstić information content (AvgIpc) is 2.74. The molecule has 0 aliphatic heterocycles. The van der Waals surface area contributed by atoms with Crippen LogP contribution in [0.3, 0.4) is 0 Å². The molecule has 3 nitrogen and oxygen atoms in total. The average molecular weight is 404 g/mol. The molecule has 2 aromatic carbocycles. The third kappa shape index (κ3) is 4.99. The first-order valence-corrected chi connectivity index (χ1v) is 10.3. The number of benzene rings is 2. The van der Waals surface area contributed by atoms with Crippen molar-refractivity contribution in [2.24, 2.45) is 9.98 Å². The number of pyridine rings is 1. The normalized spacial score (nSPS) is 12.3. The molecule has 1 heterocycles. The predicted molar refractivity (Wildman–Crippen MR) is 125 cm³/mol. The maximum atomic E-state index is 6.46. The molecule has 0 unspecified atom stereocenters. The molecule has 0 radical (unpaired) electrons. The smallest absolute Gasteiger partial charge is 0.104 e. The second kappa shape index (κ2) is 9.62. The zero-order valence-electron chi connectivity index (χ0n) is 17.4. The summed E-state index contributed by atoms with van der Waals surface area (Å²) in [5, 5.41) is 0.589. The molecule has 4 heteroatoms. The van der Waals surface area contributed by atoms with Crippen LogP contribution >= 0.6 is 11.6 Å². The fourth-order valence-electron chi connectivity index (χ4n) is 3.21. The Morgan fingerprint density at radius 3 is 1.83 bits per heavy atom. The fraction of sp³-hybridized carbons (Fsp3) is 0.240. The van der Waals surface area contributed by atoms with Crippen molar-refractivity contribution < 1.29 is 0 Å². The molecule has 0 N–H and O–H groups in total. The van der Waals surface area contributed by atoms with Gasteiger partial charge in [0, 0.05) is 0 Å². The Kier molecular flexibility index (Phi) is 6.95. The van der Waals surface area contributed by atoms with Crippen LogP contribution in [0.4, 0.5) is 11.4 Å². The van der Waals surface area contributed by atoms with Crippen LogP contribution in [0.2, 0.25) is 5.02 Å². The zero-order chi connectivity index (χ0) is 20.8. The van der Waals surface area contributed by atoms with Crippen molar-refractivity contribution in [3.63, 3.8) is 0 Å². The third-order valence-electron chi connectivity index (χ3n) is 4.88. The number of halogens is 1.